The number of aliphatic hydroxyl groups is 1. The Morgan fingerprint density at radius 1 is 1.15 bits per heavy atom. The smallest absolute Gasteiger partial charge is 0.316 e. The molecule has 2 aliphatic heterocycles. The minimum absolute atomic E-state index is 0.0745. The maximum absolute atomic E-state index is 12.6. The highest BCUT2D eigenvalue weighted by Gasteiger charge is 2.25. The van der Waals surface area contributed by atoms with Crippen LogP contribution in [0.2, 0.25) is 0 Å². The number of benzene rings is 2. The third kappa shape index (κ3) is 10.4. The molecule has 1 atom stereocenters. The Kier molecular flexibility index (Phi) is 15.3. The lowest BCUT2D eigenvalue weighted by Gasteiger charge is -2.16. The second-order valence-corrected chi connectivity index (χ2v) is 9.78. The van der Waals surface area contributed by atoms with Crippen molar-refractivity contribution < 1.29 is 32.0 Å². The molecular weight excluding hydrogens is 631 g/mol. The fourth-order valence-corrected chi connectivity index (χ4v) is 3.57. The summed E-state index contributed by atoms with van der Waals surface area (Å²) in [6.07, 6.45) is 0.609. The summed E-state index contributed by atoms with van der Waals surface area (Å²) in [6, 6.07) is 7.94. The molecule has 0 aromatic heterocycles. The summed E-state index contributed by atoms with van der Waals surface area (Å²) in [7, 11) is 1.45. The van der Waals surface area contributed by atoms with Gasteiger partial charge in [0.05, 0.1) is 18.6 Å². The van der Waals surface area contributed by atoms with E-state index in [0.717, 1.165) is 0 Å². The predicted octanol–water partition coefficient (Wildman–Crippen LogP) is 5.74. The van der Waals surface area contributed by atoms with Crippen molar-refractivity contribution in [1.82, 2.24) is 9.88 Å². The van der Waals surface area contributed by atoms with E-state index in [-0.39, 0.29) is 23.7 Å². The van der Waals surface area contributed by atoms with Crippen molar-refractivity contribution in [2.24, 2.45) is 5.41 Å². The van der Waals surface area contributed by atoms with E-state index in [1.54, 1.807) is 72.9 Å². The summed E-state index contributed by atoms with van der Waals surface area (Å²) in [5, 5.41) is 9.59. The van der Waals surface area contributed by atoms with E-state index in [1.807, 2.05) is 27.7 Å². The molecule has 11 heteroatoms. The lowest BCUT2D eigenvalue weighted by atomic mass is 9.97. The highest BCUT2D eigenvalue weighted by Crippen LogP contribution is 2.28. The van der Waals surface area contributed by atoms with Gasteiger partial charge < -0.3 is 19.2 Å². The average Bonchev–Trinajstić information content (AvgIpc) is 3.39. The monoisotopic (exact) mass is 672 g/mol. The summed E-state index contributed by atoms with van der Waals surface area (Å²) < 4.78 is 15.3. The maximum Gasteiger partial charge on any atom is 0.316 e. The second kappa shape index (κ2) is 17.3. The molecule has 0 bridgehead atoms. The number of carbonyl (C=O) groups is 2. The molecule has 40 heavy (non-hydrogen) atoms. The summed E-state index contributed by atoms with van der Waals surface area (Å²) in [5.74, 6) is 0.219. The summed E-state index contributed by atoms with van der Waals surface area (Å²) in [5.41, 5.74) is 1.08. The first-order valence-corrected chi connectivity index (χ1v) is 14.3. The lowest BCUT2D eigenvalue weighted by molar-refractivity contribution is -0.143. The van der Waals surface area contributed by atoms with Crippen molar-refractivity contribution in [1.29, 1.82) is 0 Å². The number of aryl methyl sites for hydroxylation is 1. The van der Waals surface area contributed by atoms with Crippen LogP contribution in [0.25, 0.3) is 22.6 Å². The number of hydrogen-bond donors (Lipinski definition) is 1. The molecule has 10 nitrogen and oxygen atoms in total. The Morgan fingerprint density at radius 3 is 2.35 bits per heavy atom. The topological polar surface area (TPSA) is 128 Å². The number of carbonyl (C=O) groups excluding carboxylic acids is 2. The van der Waals surface area contributed by atoms with Gasteiger partial charge in [0.1, 0.15) is 17.0 Å². The molecule has 3 aliphatic rings. The number of amides is 1. The first kappa shape index (κ1) is 35.4. The zero-order valence-electron chi connectivity index (χ0n) is 24.6. The van der Waals surface area contributed by atoms with Crippen LogP contribution in [-0.4, -0.2) is 53.2 Å². The van der Waals surface area contributed by atoms with Crippen molar-refractivity contribution >= 4 is 46.0 Å². The molecule has 1 fully saturated rings. The quantitative estimate of drug-likeness (QED) is 0.0902. The molecule has 2 heterocycles. The molecule has 0 radical (unpaired) electrons. The molecule has 1 unspecified atom stereocenters. The number of nitrogens with zero attached hydrogens (tertiary/aromatic N) is 2. The first-order valence-electron chi connectivity index (χ1n) is 13.4. The Labute approximate surface area is 250 Å². The van der Waals surface area contributed by atoms with E-state index in [2.05, 4.69) is 13.1 Å². The highest BCUT2D eigenvalue weighted by atomic mass is 127. The van der Waals surface area contributed by atoms with Crippen LogP contribution >= 0.6 is 23.0 Å². The van der Waals surface area contributed by atoms with E-state index >= 15 is 0 Å². The van der Waals surface area contributed by atoms with Gasteiger partial charge in [0.25, 0.3) is 0 Å². The Balaban J connectivity index is 0.000000902. The van der Waals surface area contributed by atoms with Gasteiger partial charge in [0.2, 0.25) is 5.91 Å². The number of rotatable bonds is 5. The van der Waals surface area contributed by atoms with Crippen molar-refractivity contribution in [3.63, 3.8) is 0 Å². The van der Waals surface area contributed by atoms with Crippen LogP contribution in [0.1, 0.15) is 66.9 Å². The van der Waals surface area contributed by atoms with Gasteiger partial charge in [-0.25, -0.2) is 9.87 Å². The minimum Gasteiger partial charge on any atom is -0.453 e. The van der Waals surface area contributed by atoms with Crippen LogP contribution in [-0.2, 0) is 24.1 Å². The van der Waals surface area contributed by atoms with Crippen LogP contribution in [0.4, 0.5) is 0 Å². The lowest BCUT2D eigenvalue weighted by Crippen LogP contribution is -2.30. The van der Waals surface area contributed by atoms with Gasteiger partial charge in [0.15, 0.2) is 39.8 Å². The zero-order valence-corrected chi connectivity index (χ0v) is 26.7. The number of esters is 1. The van der Waals surface area contributed by atoms with Gasteiger partial charge in [0, 0.05) is 37.2 Å². The molecule has 222 valence electrons. The minimum atomic E-state index is -0.641. The molecule has 1 aromatic carbocycles. The normalized spacial score (nSPS) is 14.3. The number of aromatic nitrogens is 1. The molecular formula is C29H41IN2O8. The van der Waals surface area contributed by atoms with Crippen LogP contribution < -0.4 is 10.2 Å². The van der Waals surface area contributed by atoms with E-state index in [1.165, 1.54) is 13.2 Å². The van der Waals surface area contributed by atoms with Crippen molar-refractivity contribution in [3.8, 4) is 17.2 Å². The number of β-amino-alcohol motifs (C(OH)–C–C–N with tert-alkyl or cyclic N) is 1. The Hall–Kier alpha value is -2.61. The number of fused-ring (bicyclic) bond motifs is 2. The third-order valence-electron chi connectivity index (χ3n) is 5.54. The van der Waals surface area contributed by atoms with Crippen molar-refractivity contribution in [2.45, 2.75) is 73.8 Å². The standard InChI is InChI=1S/C24H26N2O6.2C2H6.CH3IO2/c1-24(2,3)23(30)31-16-5-6-17-20(11-16)32-21-12-19(28)14(10-18(21)25-17)4-7-22(29)26-9-8-15(27)13-26;2*1-2;1-3-4-2/h5-6,10-12,15,27H,4,7-9,13H2,1-3H3;2*1-2H3;1H3. The summed E-state index contributed by atoms with van der Waals surface area (Å²) >= 11 is 1.63. The number of ether oxygens (including phenoxy) is 1. The van der Waals surface area contributed by atoms with Gasteiger partial charge in [-0.1, -0.05) is 27.7 Å². The van der Waals surface area contributed by atoms with Crippen LogP contribution in [0.5, 0.6) is 5.75 Å². The largest absolute Gasteiger partial charge is 0.453 e. The fraction of sp³-hybridized carbons (Fsp3) is 0.517. The molecule has 1 N–H and O–H groups in total. The maximum atomic E-state index is 12.6. The molecule has 1 aromatic rings. The van der Waals surface area contributed by atoms with E-state index in [9.17, 15) is 19.5 Å². The molecule has 4 rings (SSSR count). The van der Waals surface area contributed by atoms with Gasteiger partial charge >= 0.3 is 5.97 Å². The van der Waals surface area contributed by atoms with E-state index in [4.69, 9.17) is 9.15 Å². The summed E-state index contributed by atoms with van der Waals surface area (Å²) in [6.45, 7) is 14.2. The second-order valence-electron chi connectivity index (χ2n) is 9.42. The third-order valence-corrected chi connectivity index (χ3v) is 5.90. The van der Waals surface area contributed by atoms with E-state index < -0.39 is 11.5 Å². The fourth-order valence-electron chi connectivity index (χ4n) is 3.57. The van der Waals surface area contributed by atoms with E-state index in [0.29, 0.717) is 59.8 Å². The van der Waals surface area contributed by atoms with Crippen LogP contribution in [0.15, 0.2) is 39.5 Å². The zero-order chi connectivity index (χ0) is 30.5. The molecule has 0 saturated carbocycles. The predicted molar refractivity (Wildman–Crippen MR) is 162 cm³/mol. The van der Waals surface area contributed by atoms with Gasteiger partial charge in [-0.3, -0.25) is 14.4 Å². The van der Waals surface area contributed by atoms with Gasteiger partial charge in [-0.05, 0) is 51.8 Å². The average molecular weight is 673 g/mol. The van der Waals surface area contributed by atoms with Gasteiger partial charge in [-0.2, -0.15) is 3.22 Å². The number of aliphatic hydroxyl groups excluding tert-OH is 1. The molecule has 1 amide bonds. The summed E-state index contributed by atoms with van der Waals surface area (Å²) in [4.78, 5) is 47.2. The number of likely N-dealkylation sites (tertiary alicyclic amines) is 1. The van der Waals surface area contributed by atoms with Crippen LogP contribution in [0.3, 0.4) is 0 Å². The number of hydrogen-bond acceptors (Lipinski definition) is 9. The Morgan fingerprint density at radius 2 is 1.80 bits per heavy atom. The number of halogens is 1. The highest BCUT2D eigenvalue weighted by molar-refractivity contribution is 14.1. The van der Waals surface area contributed by atoms with Gasteiger partial charge in [-0.15, -0.1) is 0 Å². The first-order chi connectivity index (χ1) is 19.0. The van der Waals surface area contributed by atoms with Crippen molar-refractivity contribution in [3.05, 3.63) is 46.1 Å². The van der Waals surface area contributed by atoms with Crippen LogP contribution in [0, 0.1) is 5.41 Å². The molecule has 1 saturated heterocycles. The Bertz CT molecular complexity index is 1250. The molecule has 1 aliphatic carbocycles. The van der Waals surface area contributed by atoms with Crippen molar-refractivity contribution in [2.75, 3.05) is 20.2 Å². The molecule has 0 spiro atoms. The SMILES string of the molecule is CC.CC.CC(C)(C)C(=O)Oc1ccc2nc3cc(CCC(=O)N4CCC(O)C4)c(=O)cc-3oc2c1.COOI.